The number of terminal acetylenes is 1. The molecule has 2 aliphatic rings. The zero-order valence-corrected chi connectivity index (χ0v) is 15.1. The molecule has 2 N–H and O–H groups in total. The molecule has 0 bridgehead atoms. The molecule has 0 saturated carbocycles. The number of nitrogens with one attached hydrogen (secondary N) is 2. The van der Waals surface area contributed by atoms with Crippen molar-refractivity contribution in [2.45, 2.75) is 50.8 Å². The quantitative estimate of drug-likeness (QED) is 0.647. The smallest absolute Gasteiger partial charge is 0.136 e. The van der Waals surface area contributed by atoms with Crippen molar-refractivity contribution >= 4 is 11.4 Å². The lowest BCUT2D eigenvalue weighted by molar-refractivity contribution is 0.163. The first-order valence-corrected chi connectivity index (χ1v) is 9.49. The molecule has 0 unspecified atom stereocenters. The third kappa shape index (κ3) is 3.16. The van der Waals surface area contributed by atoms with Crippen LogP contribution in [-0.4, -0.2) is 22.4 Å². The van der Waals surface area contributed by atoms with Crippen LogP contribution in [0.3, 0.4) is 0 Å². The average Bonchev–Trinajstić information content (AvgIpc) is 2.79. The van der Waals surface area contributed by atoms with E-state index in [1.165, 1.54) is 11.1 Å². The van der Waals surface area contributed by atoms with Gasteiger partial charge >= 0.3 is 0 Å². The summed E-state index contributed by atoms with van der Waals surface area (Å²) in [6.07, 6.45) is 8.79. The Bertz CT molecular complexity index is 623. The zero-order chi connectivity index (χ0) is 16.7. The Labute approximate surface area is 142 Å². The first-order chi connectivity index (χ1) is 10.9. The van der Waals surface area contributed by atoms with Crippen molar-refractivity contribution in [1.82, 2.24) is 10.0 Å². The van der Waals surface area contributed by atoms with E-state index >= 15 is 0 Å². The molecular formula is C19H26N2OS. The summed E-state index contributed by atoms with van der Waals surface area (Å²) in [5.41, 5.74) is 3.70. The second kappa shape index (κ2) is 6.14. The average molecular weight is 330 g/mol. The van der Waals surface area contributed by atoms with Crippen LogP contribution < -0.4 is 10.0 Å². The van der Waals surface area contributed by atoms with E-state index in [4.69, 9.17) is 6.42 Å². The third-order valence-electron chi connectivity index (χ3n) is 5.16. The monoisotopic (exact) mass is 330 g/mol. The highest BCUT2D eigenvalue weighted by molar-refractivity contribution is 7.90. The van der Waals surface area contributed by atoms with E-state index in [1.807, 2.05) is 26.8 Å². The van der Waals surface area contributed by atoms with Crippen molar-refractivity contribution < 1.29 is 4.55 Å². The van der Waals surface area contributed by atoms with Gasteiger partial charge in [0.15, 0.2) is 0 Å². The van der Waals surface area contributed by atoms with Gasteiger partial charge < -0.3 is 9.87 Å². The number of hydrogen-bond acceptors (Lipinski definition) is 3. The van der Waals surface area contributed by atoms with E-state index in [2.05, 4.69) is 28.1 Å². The van der Waals surface area contributed by atoms with Gasteiger partial charge in [0.05, 0.1) is 6.04 Å². The lowest BCUT2D eigenvalue weighted by Gasteiger charge is -2.40. The Morgan fingerprint density at radius 1 is 1.35 bits per heavy atom. The van der Waals surface area contributed by atoms with E-state index in [-0.39, 0.29) is 16.2 Å². The molecule has 4 heteroatoms. The maximum Gasteiger partial charge on any atom is 0.136 e. The molecule has 2 atom stereocenters. The Kier molecular flexibility index (Phi) is 4.50. The largest absolute Gasteiger partial charge is 0.598 e. The van der Waals surface area contributed by atoms with Crippen LogP contribution in [0, 0.1) is 17.8 Å². The molecule has 3 nitrogen and oxygen atoms in total. The molecule has 1 spiro atoms. The Balaban J connectivity index is 1.96. The summed E-state index contributed by atoms with van der Waals surface area (Å²) in [5, 5.41) is 3.45. The number of fused-ring (bicyclic) bond motifs is 1. The predicted octanol–water partition coefficient (Wildman–Crippen LogP) is 2.69. The van der Waals surface area contributed by atoms with E-state index < -0.39 is 11.4 Å². The zero-order valence-electron chi connectivity index (χ0n) is 14.2. The van der Waals surface area contributed by atoms with Gasteiger partial charge in [0.1, 0.15) is 4.75 Å². The van der Waals surface area contributed by atoms with Crippen LogP contribution in [0.15, 0.2) is 18.2 Å². The lowest BCUT2D eigenvalue weighted by atomic mass is 9.73. The van der Waals surface area contributed by atoms with Gasteiger partial charge in [-0.15, -0.1) is 11.1 Å². The Hall–Kier alpha value is -0.990. The highest BCUT2D eigenvalue weighted by atomic mass is 32.2. The molecule has 1 aromatic carbocycles. The van der Waals surface area contributed by atoms with E-state index in [1.54, 1.807) is 0 Å². The molecule has 1 aromatic rings. The summed E-state index contributed by atoms with van der Waals surface area (Å²) in [4.78, 5) is 0. The molecule has 1 aliphatic carbocycles. The predicted molar refractivity (Wildman–Crippen MR) is 96.4 cm³/mol. The number of hydrogen-bond donors (Lipinski definition) is 2. The molecule has 3 rings (SSSR count). The summed E-state index contributed by atoms with van der Waals surface area (Å²) in [6.45, 7) is 8.10. The van der Waals surface area contributed by atoms with Gasteiger partial charge in [0.25, 0.3) is 0 Å². The highest BCUT2D eigenvalue weighted by Gasteiger charge is 2.49. The van der Waals surface area contributed by atoms with Gasteiger partial charge in [-0.3, -0.25) is 0 Å². The summed E-state index contributed by atoms with van der Waals surface area (Å²) in [6, 6.07) is 6.43. The second-order valence-corrected chi connectivity index (χ2v) is 9.78. The van der Waals surface area contributed by atoms with Gasteiger partial charge in [-0.05, 0) is 76.4 Å². The molecule has 0 aromatic heterocycles. The van der Waals surface area contributed by atoms with Gasteiger partial charge in [-0.1, -0.05) is 12.0 Å². The van der Waals surface area contributed by atoms with Crippen molar-refractivity contribution in [2.75, 3.05) is 13.1 Å². The fourth-order valence-corrected chi connectivity index (χ4v) is 4.75. The van der Waals surface area contributed by atoms with Crippen LogP contribution in [0.5, 0.6) is 0 Å². The van der Waals surface area contributed by atoms with Crippen molar-refractivity contribution in [3.63, 3.8) is 0 Å². The minimum absolute atomic E-state index is 0.145. The van der Waals surface area contributed by atoms with Crippen molar-refractivity contribution in [3.8, 4) is 12.3 Å². The molecule has 1 aliphatic heterocycles. The standard InChI is InChI=1S/C19H26N2OS/c1-5-14-6-7-16-15(12-14)13-19(8-10-20-11-9-19)17(16)21-23(22)18(2,3)4/h1,6-7,12,17,20-21H,8-11,13H2,2-4H3/t17-,23-/m1/s1. The van der Waals surface area contributed by atoms with Crippen LogP contribution >= 0.6 is 0 Å². The molecule has 1 fully saturated rings. The minimum atomic E-state index is -1.08. The molecule has 0 radical (unpaired) electrons. The van der Waals surface area contributed by atoms with E-state index in [0.29, 0.717) is 0 Å². The fourth-order valence-electron chi connectivity index (χ4n) is 3.80. The summed E-state index contributed by atoms with van der Waals surface area (Å²) in [5.74, 6) is 2.74. The summed E-state index contributed by atoms with van der Waals surface area (Å²) in [7, 11) is 0. The number of rotatable bonds is 2. The number of benzene rings is 1. The van der Waals surface area contributed by atoms with Gasteiger partial charge in [-0.2, -0.15) is 0 Å². The van der Waals surface area contributed by atoms with Crippen LogP contribution in [0.1, 0.15) is 56.3 Å². The molecular weight excluding hydrogens is 304 g/mol. The first kappa shape index (κ1) is 16.9. The maximum absolute atomic E-state index is 12.7. The molecule has 0 amide bonds. The highest BCUT2D eigenvalue weighted by Crippen LogP contribution is 2.51. The van der Waals surface area contributed by atoms with Crippen LogP contribution in [0.2, 0.25) is 0 Å². The minimum Gasteiger partial charge on any atom is -0.598 e. The second-order valence-electron chi connectivity index (χ2n) is 7.78. The van der Waals surface area contributed by atoms with Crippen molar-refractivity contribution in [1.29, 1.82) is 0 Å². The van der Waals surface area contributed by atoms with Crippen LogP contribution in [0.4, 0.5) is 0 Å². The van der Waals surface area contributed by atoms with Gasteiger partial charge in [0, 0.05) is 22.3 Å². The topological polar surface area (TPSA) is 47.1 Å². The van der Waals surface area contributed by atoms with E-state index in [9.17, 15) is 4.55 Å². The normalized spacial score (nSPS) is 24.2. The van der Waals surface area contributed by atoms with Crippen LogP contribution in [-0.2, 0) is 17.8 Å². The molecule has 23 heavy (non-hydrogen) atoms. The van der Waals surface area contributed by atoms with Crippen molar-refractivity contribution in [2.24, 2.45) is 5.41 Å². The van der Waals surface area contributed by atoms with Crippen LogP contribution in [0.25, 0.3) is 0 Å². The Morgan fingerprint density at radius 3 is 2.65 bits per heavy atom. The molecule has 1 heterocycles. The summed E-state index contributed by atoms with van der Waals surface area (Å²) < 4.78 is 15.9. The maximum atomic E-state index is 12.7. The fraction of sp³-hybridized carbons (Fsp3) is 0.579. The molecule has 124 valence electrons. The third-order valence-corrected chi connectivity index (χ3v) is 6.72. The number of piperidine rings is 1. The van der Waals surface area contributed by atoms with Gasteiger partial charge in [-0.25, -0.2) is 0 Å². The summed E-state index contributed by atoms with van der Waals surface area (Å²) >= 11 is -1.08. The van der Waals surface area contributed by atoms with E-state index in [0.717, 1.165) is 37.9 Å². The SMILES string of the molecule is C#Cc1ccc2c(c1)CC1(CCNCC1)[C@@H]2N[S@+]([O-])C(C)(C)C. The molecule has 1 saturated heterocycles. The van der Waals surface area contributed by atoms with Gasteiger partial charge in [0.2, 0.25) is 0 Å². The Morgan fingerprint density at radius 2 is 2.04 bits per heavy atom. The first-order valence-electron chi connectivity index (χ1n) is 8.34. The lowest BCUT2D eigenvalue weighted by Crippen LogP contribution is -2.48. The van der Waals surface area contributed by atoms with Crippen molar-refractivity contribution in [3.05, 3.63) is 34.9 Å².